The molecule has 1 rings (SSSR count). The minimum absolute atomic E-state index is 0.156. The topological polar surface area (TPSA) is 43.1 Å². The fourth-order valence-electron chi connectivity index (χ4n) is 1.19. The van der Waals surface area contributed by atoms with Crippen LogP contribution in [0.2, 0.25) is 0 Å². The van der Waals surface area contributed by atoms with E-state index in [-0.39, 0.29) is 11.8 Å². The monoisotopic (exact) mass is 195 g/mol. The standard InChI is InChI=1S/C10H13NOS/c1-13-7-9(10(11)12)8-5-3-2-4-6-8/h2-6,9H,7H2,1H3,(H2,11,12). The summed E-state index contributed by atoms with van der Waals surface area (Å²) in [6.07, 6.45) is 1.97. The second-order valence-electron chi connectivity index (χ2n) is 2.82. The predicted octanol–water partition coefficient (Wildman–Crippen LogP) is 1.62. The molecule has 0 saturated carbocycles. The van der Waals surface area contributed by atoms with Crippen LogP contribution >= 0.6 is 11.8 Å². The van der Waals surface area contributed by atoms with Gasteiger partial charge in [-0.2, -0.15) is 11.8 Å². The molecule has 0 bridgehead atoms. The summed E-state index contributed by atoms with van der Waals surface area (Å²) in [6.45, 7) is 0. The summed E-state index contributed by atoms with van der Waals surface area (Å²) in [4.78, 5) is 11.1. The van der Waals surface area contributed by atoms with Crippen LogP contribution in [0, 0.1) is 0 Å². The van der Waals surface area contributed by atoms with Crippen molar-refractivity contribution in [1.29, 1.82) is 0 Å². The maximum absolute atomic E-state index is 11.1. The number of carbonyl (C=O) groups is 1. The first-order chi connectivity index (χ1) is 6.25. The van der Waals surface area contributed by atoms with Gasteiger partial charge in [-0.25, -0.2) is 0 Å². The van der Waals surface area contributed by atoms with E-state index in [9.17, 15) is 4.79 Å². The molecule has 70 valence electrons. The Hall–Kier alpha value is -0.960. The second-order valence-corrected chi connectivity index (χ2v) is 3.73. The fourth-order valence-corrected chi connectivity index (χ4v) is 1.88. The Bertz CT molecular complexity index is 274. The lowest BCUT2D eigenvalue weighted by Crippen LogP contribution is -2.23. The van der Waals surface area contributed by atoms with Crippen molar-refractivity contribution in [3.63, 3.8) is 0 Å². The van der Waals surface area contributed by atoms with Crippen molar-refractivity contribution in [3.05, 3.63) is 35.9 Å². The summed E-state index contributed by atoms with van der Waals surface area (Å²) in [7, 11) is 0. The highest BCUT2D eigenvalue weighted by molar-refractivity contribution is 7.98. The zero-order valence-corrected chi connectivity index (χ0v) is 8.38. The van der Waals surface area contributed by atoms with Gasteiger partial charge in [0.05, 0.1) is 5.92 Å². The number of rotatable bonds is 4. The average molecular weight is 195 g/mol. The summed E-state index contributed by atoms with van der Waals surface area (Å²) in [6, 6.07) is 9.65. The molecule has 2 nitrogen and oxygen atoms in total. The Kier molecular flexibility index (Phi) is 3.83. The molecule has 1 aromatic rings. The van der Waals surface area contributed by atoms with Crippen LogP contribution < -0.4 is 5.73 Å². The lowest BCUT2D eigenvalue weighted by molar-refractivity contribution is -0.118. The van der Waals surface area contributed by atoms with Crippen molar-refractivity contribution < 1.29 is 4.79 Å². The summed E-state index contributed by atoms with van der Waals surface area (Å²) in [5.74, 6) is 0.344. The number of hydrogen-bond donors (Lipinski definition) is 1. The van der Waals surface area contributed by atoms with Crippen LogP contribution in [0.15, 0.2) is 30.3 Å². The van der Waals surface area contributed by atoms with Crippen LogP contribution in [-0.2, 0) is 4.79 Å². The first kappa shape index (κ1) is 10.1. The molecule has 0 heterocycles. The van der Waals surface area contributed by atoms with Crippen LogP contribution in [-0.4, -0.2) is 17.9 Å². The molecule has 0 spiro atoms. The highest BCUT2D eigenvalue weighted by Gasteiger charge is 2.15. The van der Waals surface area contributed by atoms with Gasteiger partial charge in [0.25, 0.3) is 0 Å². The molecule has 13 heavy (non-hydrogen) atoms. The molecule has 0 aliphatic carbocycles. The number of benzene rings is 1. The second kappa shape index (κ2) is 4.92. The SMILES string of the molecule is CSCC(C(N)=O)c1ccccc1. The van der Waals surface area contributed by atoms with Crippen molar-refractivity contribution in [2.24, 2.45) is 5.73 Å². The van der Waals surface area contributed by atoms with Gasteiger partial charge in [-0.15, -0.1) is 0 Å². The highest BCUT2D eigenvalue weighted by Crippen LogP contribution is 2.18. The van der Waals surface area contributed by atoms with E-state index in [1.165, 1.54) is 0 Å². The van der Waals surface area contributed by atoms with Gasteiger partial charge in [0.1, 0.15) is 0 Å². The predicted molar refractivity (Wildman–Crippen MR) is 56.8 cm³/mol. The summed E-state index contributed by atoms with van der Waals surface area (Å²) in [5.41, 5.74) is 6.31. The highest BCUT2D eigenvalue weighted by atomic mass is 32.2. The molecule has 0 saturated heterocycles. The third-order valence-corrected chi connectivity index (χ3v) is 2.55. The maximum atomic E-state index is 11.1. The lowest BCUT2D eigenvalue weighted by atomic mass is 10.0. The number of hydrogen-bond acceptors (Lipinski definition) is 2. The number of nitrogens with two attached hydrogens (primary N) is 1. The van der Waals surface area contributed by atoms with Gasteiger partial charge in [-0.3, -0.25) is 4.79 Å². The normalized spacial score (nSPS) is 12.4. The quantitative estimate of drug-likeness (QED) is 0.793. The molecule has 0 aromatic heterocycles. The Morgan fingerprint density at radius 2 is 2.08 bits per heavy atom. The van der Waals surface area contributed by atoms with Crippen LogP contribution in [0.3, 0.4) is 0 Å². The molecular formula is C10H13NOS. The van der Waals surface area contributed by atoms with Gasteiger partial charge in [0, 0.05) is 5.75 Å². The third-order valence-electron chi connectivity index (χ3n) is 1.88. The first-order valence-electron chi connectivity index (χ1n) is 4.09. The van der Waals surface area contributed by atoms with Crippen LogP contribution in [0.4, 0.5) is 0 Å². The summed E-state index contributed by atoms with van der Waals surface area (Å²) in [5, 5.41) is 0. The molecule has 1 amide bonds. The van der Waals surface area contributed by atoms with Gasteiger partial charge in [0.2, 0.25) is 5.91 Å². The first-order valence-corrected chi connectivity index (χ1v) is 5.48. The van der Waals surface area contributed by atoms with Gasteiger partial charge in [0.15, 0.2) is 0 Å². The van der Waals surface area contributed by atoms with Crippen LogP contribution in [0.25, 0.3) is 0 Å². The van der Waals surface area contributed by atoms with Crippen molar-refractivity contribution in [1.82, 2.24) is 0 Å². The molecular weight excluding hydrogens is 182 g/mol. The molecule has 1 atom stereocenters. The molecule has 0 fully saturated rings. The van der Waals surface area contributed by atoms with Crippen molar-refractivity contribution in [2.45, 2.75) is 5.92 Å². The van der Waals surface area contributed by atoms with E-state index in [4.69, 9.17) is 5.73 Å². The smallest absolute Gasteiger partial charge is 0.225 e. The molecule has 0 radical (unpaired) electrons. The van der Waals surface area contributed by atoms with Crippen LogP contribution in [0.5, 0.6) is 0 Å². The summed E-state index contributed by atoms with van der Waals surface area (Å²) >= 11 is 1.63. The molecule has 2 N–H and O–H groups in total. The number of carbonyl (C=O) groups excluding carboxylic acids is 1. The van der Waals surface area contributed by atoms with Crippen molar-refractivity contribution in [2.75, 3.05) is 12.0 Å². The van der Waals surface area contributed by atoms with E-state index in [1.54, 1.807) is 11.8 Å². The Labute approximate surface area is 82.5 Å². The Morgan fingerprint density at radius 1 is 1.46 bits per heavy atom. The van der Waals surface area contributed by atoms with E-state index in [0.29, 0.717) is 0 Å². The van der Waals surface area contributed by atoms with E-state index in [2.05, 4.69) is 0 Å². The zero-order valence-electron chi connectivity index (χ0n) is 7.57. The molecule has 1 aromatic carbocycles. The number of amides is 1. The molecule has 0 aliphatic rings. The van der Waals surface area contributed by atoms with Gasteiger partial charge in [-0.1, -0.05) is 30.3 Å². The third kappa shape index (κ3) is 2.77. The van der Waals surface area contributed by atoms with Crippen molar-refractivity contribution >= 4 is 17.7 Å². The number of primary amides is 1. The zero-order chi connectivity index (χ0) is 9.68. The van der Waals surface area contributed by atoms with Crippen molar-refractivity contribution in [3.8, 4) is 0 Å². The van der Waals surface area contributed by atoms with E-state index in [0.717, 1.165) is 11.3 Å². The lowest BCUT2D eigenvalue weighted by Gasteiger charge is -2.11. The maximum Gasteiger partial charge on any atom is 0.225 e. The Balaban J connectivity index is 2.82. The minimum Gasteiger partial charge on any atom is -0.369 e. The molecule has 0 aliphatic heterocycles. The van der Waals surface area contributed by atoms with Gasteiger partial charge in [-0.05, 0) is 11.8 Å². The molecule has 3 heteroatoms. The average Bonchev–Trinajstić information content (AvgIpc) is 2.15. The number of thioether (sulfide) groups is 1. The van der Waals surface area contributed by atoms with Gasteiger partial charge >= 0.3 is 0 Å². The Morgan fingerprint density at radius 3 is 2.54 bits per heavy atom. The fraction of sp³-hybridized carbons (Fsp3) is 0.300. The molecule has 1 unspecified atom stereocenters. The summed E-state index contributed by atoms with van der Waals surface area (Å²) < 4.78 is 0. The van der Waals surface area contributed by atoms with E-state index < -0.39 is 0 Å². The van der Waals surface area contributed by atoms with Crippen LogP contribution in [0.1, 0.15) is 11.5 Å². The minimum atomic E-state index is -0.249. The van der Waals surface area contributed by atoms with E-state index >= 15 is 0 Å². The van der Waals surface area contributed by atoms with Gasteiger partial charge < -0.3 is 5.73 Å². The van der Waals surface area contributed by atoms with E-state index in [1.807, 2.05) is 36.6 Å². The largest absolute Gasteiger partial charge is 0.369 e.